The molecule has 1 N–H and O–H groups in total. The van der Waals surface area contributed by atoms with Gasteiger partial charge in [-0.15, -0.1) is 11.3 Å². The molecule has 2 aromatic carbocycles. The monoisotopic (exact) mass is 553 g/mol. The van der Waals surface area contributed by atoms with Crippen molar-refractivity contribution < 1.29 is 23.4 Å². The average molecular weight is 554 g/mol. The third-order valence-electron chi connectivity index (χ3n) is 5.04. The molecule has 0 bridgehead atoms. The van der Waals surface area contributed by atoms with Crippen molar-refractivity contribution in [1.82, 2.24) is 5.32 Å². The van der Waals surface area contributed by atoms with Crippen molar-refractivity contribution in [3.05, 3.63) is 75.2 Å². The second-order valence-electron chi connectivity index (χ2n) is 8.97. The van der Waals surface area contributed by atoms with Gasteiger partial charge in [0.2, 0.25) is 13.3 Å². The van der Waals surface area contributed by atoms with E-state index in [0.29, 0.717) is 21.0 Å². The molecule has 3 aromatic rings. The minimum Gasteiger partial charge on any atom is -0.438 e. The van der Waals surface area contributed by atoms with Crippen molar-refractivity contribution in [2.45, 2.75) is 26.4 Å². The number of rotatable bonds is 8. The van der Waals surface area contributed by atoms with Crippen LogP contribution >= 0.6 is 41.9 Å². The second kappa shape index (κ2) is 11.3. The number of esters is 1. The summed E-state index contributed by atoms with van der Waals surface area (Å²) >= 11 is 13.6. The highest BCUT2D eigenvalue weighted by atomic mass is 35.5. The first-order chi connectivity index (χ1) is 16.4. The highest BCUT2D eigenvalue weighted by Crippen LogP contribution is 2.59. The maximum atomic E-state index is 13.7. The van der Waals surface area contributed by atoms with E-state index >= 15 is 0 Å². The highest BCUT2D eigenvalue weighted by Gasteiger charge is 2.39. The summed E-state index contributed by atoms with van der Waals surface area (Å²) in [7, 11) is -3.68. The molecule has 2 unspecified atom stereocenters. The quantitative estimate of drug-likeness (QED) is 0.177. The normalized spacial score (nSPS) is 14.6. The van der Waals surface area contributed by atoms with Crippen LogP contribution < -0.4 is 5.32 Å². The number of halogens is 2. The number of hydrogen-bond donors (Lipinski definition) is 1. The third-order valence-corrected chi connectivity index (χ3v) is 8.56. The smallest absolute Gasteiger partial charge is 0.313 e. The molecule has 0 radical (unpaired) electrons. The van der Waals surface area contributed by atoms with Crippen molar-refractivity contribution in [2.24, 2.45) is 5.41 Å². The predicted octanol–water partition coefficient (Wildman–Crippen LogP) is 7.51. The Labute approximate surface area is 218 Å². The summed E-state index contributed by atoms with van der Waals surface area (Å²) in [6, 6.07) is 12.4. The van der Waals surface area contributed by atoms with E-state index in [4.69, 9.17) is 32.5 Å². The summed E-state index contributed by atoms with van der Waals surface area (Å²) in [6.07, 6.45) is 3.14. The zero-order valence-electron chi connectivity index (χ0n) is 19.7. The van der Waals surface area contributed by atoms with E-state index in [1.807, 2.05) is 12.1 Å². The van der Waals surface area contributed by atoms with Crippen LogP contribution in [-0.4, -0.2) is 25.3 Å². The van der Waals surface area contributed by atoms with Gasteiger partial charge in [0.15, 0.2) is 6.79 Å². The van der Waals surface area contributed by atoms with Crippen LogP contribution in [0.4, 0.5) is 0 Å². The molecule has 0 spiro atoms. The molecule has 0 aliphatic rings. The van der Waals surface area contributed by atoms with Crippen LogP contribution in [0.3, 0.4) is 0 Å². The Morgan fingerprint density at radius 3 is 2.54 bits per heavy atom. The van der Waals surface area contributed by atoms with Crippen molar-refractivity contribution in [1.29, 1.82) is 0 Å². The fraction of sp³-hybridized carbons (Fsp3) is 0.280. The Morgan fingerprint density at radius 1 is 1.14 bits per heavy atom. The summed E-state index contributed by atoms with van der Waals surface area (Å²) in [5.74, 6) is -1.04. The summed E-state index contributed by atoms with van der Waals surface area (Å²) < 4.78 is 25.3. The maximum absolute atomic E-state index is 13.7. The van der Waals surface area contributed by atoms with Crippen LogP contribution in [0.25, 0.3) is 16.2 Å². The molecule has 3 rings (SSSR count). The molecular formula is C25H26Cl2NO5PS. The molecule has 6 nitrogen and oxygen atoms in total. The van der Waals surface area contributed by atoms with Gasteiger partial charge < -0.3 is 10.1 Å². The number of thiophene rings is 1. The van der Waals surface area contributed by atoms with Crippen LogP contribution in [0.1, 0.15) is 37.6 Å². The fourth-order valence-electron chi connectivity index (χ4n) is 3.22. The lowest BCUT2D eigenvalue weighted by Gasteiger charge is -2.24. The van der Waals surface area contributed by atoms with Gasteiger partial charge in [-0.1, -0.05) is 35.3 Å². The van der Waals surface area contributed by atoms with Crippen molar-refractivity contribution in [3.8, 4) is 0 Å². The van der Waals surface area contributed by atoms with Crippen LogP contribution in [0, 0.1) is 5.41 Å². The van der Waals surface area contributed by atoms with E-state index in [9.17, 15) is 14.2 Å². The molecule has 0 fully saturated rings. The largest absolute Gasteiger partial charge is 0.438 e. The number of hydrogen-bond acceptors (Lipinski definition) is 6. The minimum absolute atomic E-state index is 0.489. The van der Waals surface area contributed by atoms with Crippen molar-refractivity contribution in [2.75, 3.05) is 13.5 Å². The maximum Gasteiger partial charge on any atom is 0.313 e. The Kier molecular flexibility index (Phi) is 8.84. The van der Waals surface area contributed by atoms with E-state index in [-0.39, 0.29) is 0 Å². The Hall–Kier alpha value is -2.15. The van der Waals surface area contributed by atoms with Crippen LogP contribution in [-0.2, 0) is 23.4 Å². The Morgan fingerprint density at radius 2 is 1.86 bits per heavy atom. The van der Waals surface area contributed by atoms with Gasteiger partial charge in [-0.05, 0) is 79.1 Å². The Balaban J connectivity index is 1.89. The topological polar surface area (TPSA) is 81.7 Å². The molecule has 186 valence electrons. The van der Waals surface area contributed by atoms with Crippen LogP contribution in [0.5, 0.6) is 0 Å². The van der Waals surface area contributed by atoms with Gasteiger partial charge in [0.1, 0.15) is 5.66 Å². The average Bonchev–Trinajstić information content (AvgIpc) is 3.15. The van der Waals surface area contributed by atoms with Crippen LogP contribution in [0.2, 0.25) is 10.0 Å². The van der Waals surface area contributed by atoms with Gasteiger partial charge in [-0.25, -0.2) is 0 Å². The number of ether oxygens (including phenoxy) is 1. The van der Waals surface area contributed by atoms with Gasteiger partial charge in [-0.3, -0.25) is 18.7 Å². The standard InChI is InChI=1S/C25H26Cl2NO5PS/c1-25(2,3)24(30)32-15-33-34(4,31)22(20-14-35-21-9-8-18(27)13-19(20)21)23(29)28-11-10-16-6-5-7-17(26)12-16/h5-14,22H,15H2,1-4H3,(H,28,29). The van der Waals surface area contributed by atoms with Gasteiger partial charge in [0, 0.05) is 27.6 Å². The van der Waals surface area contributed by atoms with Crippen molar-refractivity contribution >= 4 is 69.9 Å². The van der Waals surface area contributed by atoms with Gasteiger partial charge in [0.05, 0.1) is 5.41 Å². The van der Waals surface area contributed by atoms with Gasteiger partial charge in [-0.2, -0.15) is 0 Å². The number of carbonyl (C=O) groups excluding carboxylic acids is 2. The molecule has 0 aliphatic heterocycles. The first-order valence-corrected chi connectivity index (χ1v) is 14.4. The van der Waals surface area contributed by atoms with Crippen LogP contribution in [0.15, 0.2) is 54.0 Å². The molecule has 0 saturated carbocycles. The molecule has 10 heteroatoms. The fourth-order valence-corrected chi connectivity index (χ4v) is 6.29. The summed E-state index contributed by atoms with van der Waals surface area (Å²) in [5, 5.41) is 6.23. The lowest BCUT2D eigenvalue weighted by atomic mass is 9.98. The van der Waals surface area contributed by atoms with E-state index < -0.39 is 37.1 Å². The van der Waals surface area contributed by atoms with E-state index in [0.717, 1.165) is 10.3 Å². The summed E-state index contributed by atoms with van der Waals surface area (Å²) in [4.78, 5) is 25.4. The zero-order chi connectivity index (χ0) is 25.8. The highest BCUT2D eigenvalue weighted by molar-refractivity contribution is 7.59. The molecule has 2 atom stereocenters. The van der Waals surface area contributed by atoms with E-state index in [2.05, 4.69) is 5.32 Å². The number of nitrogens with one attached hydrogen (secondary N) is 1. The third kappa shape index (κ3) is 7.18. The number of amides is 1. The van der Waals surface area contributed by atoms with Crippen molar-refractivity contribution in [3.63, 3.8) is 0 Å². The number of carbonyl (C=O) groups is 2. The SMILES string of the molecule is CC(C)(C)C(=O)OCOP(C)(=O)C(C(=O)NC=Cc1cccc(Cl)c1)c1csc2ccc(Cl)cc12. The second-order valence-corrected chi connectivity index (χ2v) is 13.3. The minimum atomic E-state index is -3.68. The molecule has 0 saturated heterocycles. The molecule has 1 amide bonds. The first-order valence-electron chi connectivity index (χ1n) is 10.7. The molecule has 1 aromatic heterocycles. The zero-order valence-corrected chi connectivity index (χ0v) is 22.9. The molecule has 0 aliphatic carbocycles. The molecule has 1 heterocycles. The molecule has 35 heavy (non-hydrogen) atoms. The van der Waals surface area contributed by atoms with Gasteiger partial charge in [0.25, 0.3) is 0 Å². The lowest BCUT2D eigenvalue weighted by Crippen LogP contribution is -2.27. The first kappa shape index (κ1) is 27.4. The summed E-state index contributed by atoms with van der Waals surface area (Å²) in [6.45, 7) is 5.92. The lowest BCUT2D eigenvalue weighted by molar-refractivity contribution is -0.159. The number of fused-ring (bicyclic) bond motifs is 1. The van der Waals surface area contributed by atoms with E-state index in [1.165, 1.54) is 24.2 Å². The number of benzene rings is 2. The van der Waals surface area contributed by atoms with E-state index in [1.54, 1.807) is 62.6 Å². The van der Waals surface area contributed by atoms with Gasteiger partial charge >= 0.3 is 5.97 Å². The predicted molar refractivity (Wildman–Crippen MR) is 143 cm³/mol. The Bertz CT molecular complexity index is 1310. The molecular weight excluding hydrogens is 528 g/mol. The summed E-state index contributed by atoms with van der Waals surface area (Å²) in [5.41, 5.74) is -0.600.